The lowest BCUT2D eigenvalue weighted by Crippen LogP contribution is -2.52. The molecule has 8 nitrogen and oxygen atoms in total. The van der Waals surface area contributed by atoms with Crippen molar-refractivity contribution < 1.29 is 18.7 Å². The average molecular weight is 673 g/mol. The number of fused-ring (bicyclic) bond motifs is 7. The molecule has 0 radical (unpaired) electrons. The van der Waals surface area contributed by atoms with Gasteiger partial charge in [0.25, 0.3) is 0 Å². The largest absolute Gasteiger partial charge is 0.494 e. The van der Waals surface area contributed by atoms with Gasteiger partial charge in [-0.3, -0.25) is 14.5 Å². The Morgan fingerprint density at radius 3 is 2.70 bits per heavy atom. The molecule has 3 N–H and O–H groups in total. The van der Waals surface area contributed by atoms with Crippen LogP contribution in [0.25, 0.3) is 11.0 Å². The van der Waals surface area contributed by atoms with E-state index in [1.54, 1.807) is 36.4 Å². The van der Waals surface area contributed by atoms with Gasteiger partial charge < -0.3 is 20.4 Å². The van der Waals surface area contributed by atoms with Crippen molar-refractivity contribution in [3.05, 3.63) is 123 Å². The van der Waals surface area contributed by atoms with Crippen LogP contribution in [0.5, 0.6) is 5.75 Å². The van der Waals surface area contributed by atoms with Gasteiger partial charge in [-0.1, -0.05) is 61.0 Å². The quantitative estimate of drug-likeness (QED) is 0.198. The number of hydrogen-bond donors (Lipinski definition) is 2. The van der Waals surface area contributed by atoms with Gasteiger partial charge in [0.15, 0.2) is 0 Å². The minimum absolute atomic E-state index is 0. The molecule has 240 valence electrons. The molecule has 1 saturated heterocycles. The second-order valence-corrected chi connectivity index (χ2v) is 12.8. The fraction of sp³-hybridized carbons (Fsp3) is 0.250. The summed E-state index contributed by atoms with van der Waals surface area (Å²) in [5.41, 5.74) is 8.57. The lowest BCUT2D eigenvalue weighted by Gasteiger charge is -2.40. The third-order valence-electron chi connectivity index (χ3n) is 9.67. The number of nitrogens with zero attached hydrogens (tertiary/aromatic N) is 3. The molecule has 0 saturated carbocycles. The van der Waals surface area contributed by atoms with Crippen LogP contribution in [0.2, 0.25) is 10.0 Å². The van der Waals surface area contributed by atoms with Crippen molar-refractivity contribution in [2.45, 2.75) is 50.9 Å². The van der Waals surface area contributed by atoms with Gasteiger partial charge in [0.1, 0.15) is 22.9 Å². The van der Waals surface area contributed by atoms with Crippen LogP contribution in [0.1, 0.15) is 59.1 Å². The van der Waals surface area contributed by atoms with Crippen molar-refractivity contribution >= 4 is 51.7 Å². The summed E-state index contributed by atoms with van der Waals surface area (Å²) in [6.07, 6.45) is 0. The standard InChI is InChI=1S/C35H28Cl2FN5O3.CH4/c1-2-46-21-6-3-5-18(13-21)16-43-28-17-42-27-12-9-19(32(39)44)14-26(27)40-33(42)29(28)30(22-7-4-8-24(37)31(22)38)35(43)23-11-10-20(36)15-25(23)41-34(35)45;/h3-15,28-30H,2,16-17H2,1H3,(H2,39,44)(H,41,45);1H4/t28-,29+,30-,35+;/m1./s1. The van der Waals surface area contributed by atoms with E-state index in [2.05, 4.69) is 14.8 Å². The zero-order valence-corrected chi connectivity index (χ0v) is 26.1. The molecule has 4 aromatic carbocycles. The van der Waals surface area contributed by atoms with Crippen molar-refractivity contribution in [3.63, 3.8) is 0 Å². The summed E-state index contributed by atoms with van der Waals surface area (Å²) in [6, 6.07) is 23.0. The summed E-state index contributed by atoms with van der Waals surface area (Å²) < 4.78 is 24.3. The zero-order valence-electron chi connectivity index (χ0n) is 24.6. The first-order valence-electron chi connectivity index (χ1n) is 15.1. The monoisotopic (exact) mass is 671 g/mol. The maximum absolute atomic E-state index is 16.3. The van der Waals surface area contributed by atoms with Crippen molar-refractivity contribution in [3.8, 4) is 5.75 Å². The first kappa shape index (κ1) is 31.2. The van der Waals surface area contributed by atoms with Crippen molar-refractivity contribution in [2.75, 3.05) is 11.9 Å². The number of imidazole rings is 1. The Balaban J connectivity index is 0.00000351. The minimum atomic E-state index is -1.34. The van der Waals surface area contributed by atoms with E-state index in [4.69, 9.17) is 38.7 Å². The third kappa shape index (κ3) is 4.47. The molecule has 1 aromatic heterocycles. The predicted octanol–water partition coefficient (Wildman–Crippen LogP) is 7.23. The van der Waals surface area contributed by atoms with Crippen LogP contribution in [-0.2, 0) is 23.4 Å². The van der Waals surface area contributed by atoms with Crippen LogP contribution < -0.4 is 15.8 Å². The van der Waals surface area contributed by atoms with Crippen LogP contribution in [-0.4, -0.2) is 38.9 Å². The molecule has 47 heavy (non-hydrogen) atoms. The van der Waals surface area contributed by atoms with Crippen LogP contribution in [0.15, 0.2) is 78.9 Å². The van der Waals surface area contributed by atoms with Crippen LogP contribution in [0, 0.1) is 5.82 Å². The Hall–Kier alpha value is -4.44. The SMILES string of the molecule is C.CCOc1cccc(CN2[C@@H]3Cn4c(nc5cc(C(N)=O)ccc54)[C@@H]3[C@@H](c3cccc(Cl)c3F)[C@@]23C(=O)Nc2cc(Cl)ccc23)c1. The summed E-state index contributed by atoms with van der Waals surface area (Å²) in [5.74, 6) is -1.14. The molecule has 4 heterocycles. The van der Waals surface area contributed by atoms with Crippen molar-refractivity contribution in [2.24, 2.45) is 5.73 Å². The number of ether oxygens (including phenoxy) is 1. The number of benzene rings is 4. The van der Waals surface area contributed by atoms with Crippen LogP contribution >= 0.6 is 23.2 Å². The molecule has 0 bridgehead atoms. The first-order chi connectivity index (χ1) is 22.2. The van der Waals surface area contributed by atoms with Gasteiger partial charge in [0, 0.05) is 52.8 Å². The number of carbonyl (C=O) groups excluding carboxylic acids is 2. The highest BCUT2D eigenvalue weighted by Crippen LogP contribution is 2.65. The Kier molecular flexibility index (Phi) is 7.54. The number of carbonyl (C=O) groups is 2. The summed E-state index contributed by atoms with van der Waals surface area (Å²) in [4.78, 5) is 33.9. The molecule has 3 aliphatic rings. The predicted molar refractivity (Wildman–Crippen MR) is 181 cm³/mol. The molecule has 3 aliphatic heterocycles. The van der Waals surface area contributed by atoms with E-state index in [0.29, 0.717) is 58.4 Å². The Morgan fingerprint density at radius 2 is 1.91 bits per heavy atom. The summed E-state index contributed by atoms with van der Waals surface area (Å²) in [7, 11) is 0. The van der Waals surface area contributed by atoms with Gasteiger partial charge in [-0.15, -0.1) is 0 Å². The van der Waals surface area contributed by atoms with Gasteiger partial charge in [-0.05, 0) is 66.6 Å². The maximum Gasteiger partial charge on any atom is 0.250 e. The number of amides is 2. The minimum Gasteiger partial charge on any atom is -0.494 e. The van der Waals surface area contributed by atoms with Gasteiger partial charge in [-0.2, -0.15) is 0 Å². The van der Waals surface area contributed by atoms with Crippen LogP contribution in [0.4, 0.5) is 10.1 Å². The molecule has 5 aromatic rings. The Labute approximate surface area is 281 Å². The molecule has 2 amide bonds. The number of aromatic nitrogens is 2. The number of likely N-dealkylation sites (tertiary alicyclic amines) is 1. The molecule has 11 heteroatoms. The highest BCUT2D eigenvalue weighted by Gasteiger charge is 2.69. The number of hydrogen-bond acceptors (Lipinski definition) is 5. The lowest BCUT2D eigenvalue weighted by molar-refractivity contribution is -0.128. The summed E-state index contributed by atoms with van der Waals surface area (Å²) in [5, 5.41) is 3.53. The number of nitrogens with two attached hydrogens (primary N) is 1. The highest BCUT2D eigenvalue weighted by molar-refractivity contribution is 6.31. The van der Waals surface area contributed by atoms with E-state index in [1.807, 2.05) is 43.3 Å². The topological polar surface area (TPSA) is 102 Å². The normalized spacial score (nSPS) is 22.6. The van der Waals surface area contributed by atoms with Gasteiger partial charge in [-0.25, -0.2) is 9.37 Å². The number of halogens is 3. The smallest absolute Gasteiger partial charge is 0.250 e. The molecule has 8 rings (SSSR count). The summed E-state index contributed by atoms with van der Waals surface area (Å²) in [6.45, 7) is 3.29. The van der Waals surface area contributed by atoms with E-state index >= 15 is 4.39 Å². The lowest BCUT2D eigenvalue weighted by atomic mass is 9.71. The molecular weight excluding hydrogens is 640 g/mol. The van der Waals surface area contributed by atoms with Crippen molar-refractivity contribution in [1.29, 1.82) is 0 Å². The second-order valence-electron chi connectivity index (χ2n) is 12.0. The summed E-state index contributed by atoms with van der Waals surface area (Å²) >= 11 is 12.8. The second kappa shape index (κ2) is 11.4. The van der Waals surface area contributed by atoms with E-state index in [0.717, 1.165) is 16.8 Å². The number of rotatable bonds is 6. The van der Waals surface area contributed by atoms with Gasteiger partial charge in [0.2, 0.25) is 11.8 Å². The molecule has 1 fully saturated rings. The fourth-order valence-corrected chi connectivity index (χ4v) is 8.34. The number of anilines is 1. The van der Waals surface area contributed by atoms with E-state index in [-0.39, 0.29) is 24.4 Å². The third-order valence-corrected chi connectivity index (χ3v) is 10.2. The fourth-order valence-electron chi connectivity index (χ4n) is 7.99. The van der Waals surface area contributed by atoms with E-state index in [9.17, 15) is 9.59 Å². The molecular formula is C36H32Cl2FN5O3. The number of nitrogens with one attached hydrogen (secondary N) is 1. The van der Waals surface area contributed by atoms with Gasteiger partial charge in [0.05, 0.1) is 22.7 Å². The first-order valence-corrected chi connectivity index (χ1v) is 15.8. The average Bonchev–Trinajstić information content (AvgIpc) is 3.72. The van der Waals surface area contributed by atoms with E-state index in [1.165, 1.54) is 6.07 Å². The maximum atomic E-state index is 16.3. The zero-order chi connectivity index (χ0) is 31.9. The highest BCUT2D eigenvalue weighted by atomic mass is 35.5. The van der Waals surface area contributed by atoms with Crippen LogP contribution in [0.3, 0.4) is 0 Å². The van der Waals surface area contributed by atoms with E-state index < -0.39 is 29.1 Å². The molecule has 0 aliphatic carbocycles. The molecule has 1 spiro atoms. The molecule has 0 unspecified atom stereocenters. The van der Waals surface area contributed by atoms with Gasteiger partial charge >= 0.3 is 0 Å². The Bertz CT molecular complexity index is 2100. The van der Waals surface area contributed by atoms with Crippen molar-refractivity contribution in [1.82, 2.24) is 14.5 Å². The Morgan fingerprint density at radius 1 is 1.11 bits per heavy atom. The molecule has 4 atom stereocenters. The number of primary amides is 1.